The quantitative estimate of drug-likeness (QED) is 0.701. The second kappa shape index (κ2) is 6.44. The van der Waals surface area contributed by atoms with Crippen molar-refractivity contribution in [1.82, 2.24) is 9.97 Å². The molecule has 0 fully saturated rings. The Morgan fingerprint density at radius 3 is 2.14 bits per heavy atom. The fraction of sp³-hybridized carbons (Fsp3) is 0.333. The minimum atomic E-state index is -1.37. The van der Waals surface area contributed by atoms with E-state index < -0.39 is 23.3 Å². The van der Waals surface area contributed by atoms with Crippen LogP contribution < -0.4 is 5.32 Å². The Labute approximate surface area is 163 Å². The topological polar surface area (TPSA) is 112 Å². The lowest BCUT2D eigenvalue weighted by Gasteiger charge is -2.37. The summed E-state index contributed by atoms with van der Waals surface area (Å²) in [5, 5.41) is 21.4. The van der Waals surface area contributed by atoms with Crippen LogP contribution in [0.5, 0.6) is 5.88 Å². The van der Waals surface area contributed by atoms with E-state index >= 15 is 0 Å². The van der Waals surface area contributed by atoms with Gasteiger partial charge < -0.3 is 15.5 Å². The van der Waals surface area contributed by atoms with E-state index in [1.54, 1.807) is 0 Å². The summed E-state index contributed by atoms with van der Waals surface area (Å²) < 4.78 is 0. The number of amides is 1. The van der Waals surface area contributed by atoms with Gasteiger partial charge in [0.05, 0.1) is 0 Å². The molecule has 0 saturated heterocycles. The molecule has 1 aromatic heterocycles. The van der Waals surface area contributed by atoms with E-state index in [-0.39, 0.29) is 16.7 Å². The summed E-state index contributed by atoms with van der Waals surface area (Å²) in [5.74, 6) is -3.05. The highest BCUT2D eigenvalue weighted by molar-refractivity contribution is 6.02. The zero-order valence-corrected chi connectivity index (χ0v) is 16.5. The van der Waals surface area contributed by atoms with E-state index in [4.69, 9.17) is 5.11 Å². The molecular formula is C21H23N3O4. The van der Waals surface area contributed by atoms with Gasteiger partial charge in [0, 0.05) is 22.7 Å². The minimum absolute atomic E-state index is 0.111. The molecule has 0 atom stereocenters. The number of aryl methyl sites for hydroxylation is 1. The van der Waals surface area contributed by atoms with Crippen LogP contribution in [0.15, 0.2) is 30.5 Å². The van der Waals surface area contributed by atoms with Gasteiger partial charge in [0.2, 0.25) is 11.7 Å². The fourth-order valence-electron chi connectivity index (χ4n) is 3.32. The van der Waals surface area contributed by atoms with Crippen molar-refractivity contribution in [3.8, 4) is 5.88 Å². The maximum atomic E-state index is 12.5. The number of nitrogens with one attached hydrogen (secondary N) is 1. The number of allylic oxidation sites excluding steroid dienone is 2. The van der Waals surface area contributed by atoms with Crippen molar-refractivity contribution >= 4 is 17.6 Å². The lowest BCUT2D eigenvalue weighted by Crippen LogP contribution is -2.29. The molecule has 0 radical (unpaired) electrons. The Morgan fingerprint density at radius 2 is 1.61 bits per heavy atom. The van der Waals surface area contributed by atoms with Gasteiger partial charge in [0.25, 0.3) is 5.91 Å². The number of hydrogen-bond donors (Lipinski definition) is 3. The molecule has 1 aliphatic rings. The maximum absolute atomic E-state index is 12.5. The highest BCUT2D eigenvalue weighted by Gasteiger charge is 2.33. The lowest BCUT2D eigenvalue weighted by molar-refractivity contribution is 0.0691. The van der Waals surface area contributed by atoms with Crippen LogP contribution in [-0.2, 0) is 10.8 Å². The first-order valence-electron chi connectivity index (χ1n) is 8.89. The van der Waals surface area contributed by atoms with Gasteiger partial charge in [0.15, 0.2) is 0 Å². The smallest absolute Gasteiger partial charge is 0.342 e. The number of benzene rings is 1. The third-order valence-electron chi connectivity index (χ3n) is 5.12. The van der Waals surface area contributed by atoms with Crippen LogP contribution in [0.1, 0.15) is 65.4 Å². The molecule has 3 N–H and O–H groups in total. The zero-order chi connectivity index (χ0) is 20.9. The highest BCUT2D eigenvalue weighted by Crippen LogP contribution is 2.43. The van der Waals surface area contributed by atoms with Crippen molar-refractivity contribution in [2.75, 3.05) is 5.32 Å². The molecule has 1 aromatic carbocycles. The molecule has 3 rings (SSSR count). The molecular weight excluding hydrogens is 358 g/mol. The van der Waals surface area contributed by atoms with E-state index in [0.717, 1.165) is 17.3 Å². The van der Waals surface area contributed by atoms with Crippen molar-refractivity contribution in [2.24, 2.45) is 0 Å². The van der Waals surface area contributed by atoms with Crippen LogP contribution in [0.2, 0.25) is 0 Å². The van der Waals surface area contributed by atoms with Crippen LogP contribution in [0, 0.1) is 6.92 Å². The number of anilines is 1. The number of rotatable bonds is 3. The van der Waals surface area contributed by atoms with Gasteiger partial charge in [-0.2, -0.15) is 4.98 Å². The Bertz CT molecular complexity index is 1020. The van der Waals surface area contributed by atoms with Gasteiger partial charge in [-0.15, -0.1) is 0 Å². The van der Waals surface area contributed by atoms with Crippen LogP contribution in [0.4, 0.5) is 5.69 Å². The van der Waals surface area contributed by atoms with E-state index in [9.17, 15) is 14.7 Å². The molecule has 2 aromatic rings. The summed E-state index contributed by atoms with van der Waals surface area (Å²) in [5.41, 5.74) is 3.07. The highest BCUT2D eigenvalue weighted by atomic mass is 16.4. The van der Waals surface area contributed by atoms with Crippen LogP contribution in [-0.4, -0.2) is 32.1 Å². The second-order valence-electron chi connectivity index (χ2n) is 8.18. The number of carbonyl (C=O) groups is 2. The molecule has 146 valence electrons. The third kappa shape index (κ3) is 3.35. The molecule has 0 aliphatic heterocycles. The predicted molar refractivity (Wildman–Crippen MR) is 105 cm³/mol. The molecule has 7 heteroatoms. The molecule has 1 heterocycles. The summed E-state index contributed by atoms with van der Waals surface area (Å²) in [4.78, 5) is 30.8. The zero-order valence-electron chi connectivity index (χ0n) is 16.5. The van der Waals surface area contributed by atoms with Gasteiger partial charge in [-0.3, -0.25) is 4.79 Å². The van der Waals surface area contributed by atoms with Crippen LogP contribution in [0.3, 0.4) is 0 Å². The molecule has 0 spiro atoms. The van der Waals surface area contributed by atoms with Crippen LogP contribution >= 0.6 is 0 Å². The number of carboxylic acids is 1. The Kier molecular flexibility index (Phi) is 4.49. The molecule has 7 nitrogen and oxygen atoms in total. The van der Waals surface area contributed by atoms with Crippen molar-refractivity contribution in [3.63, 3.8) is 0 Å². The summed E-state index contributed by atoms with van der Waals surface area (Å²) in [6.07, 6.45) is 5.28. The number of carboxylic acid groups (broad SMARTS) is 1. The number of nitrogens with zero attached hydrogens (tertiary/aromatic N) is 2. The first kappa shape index (κ1) is 19.5. The molecule has 0 bridgehead atoms. The Morgan fingerprint density at radius 1 is 1.04 bits per heavy atom. The minimum Gasteiger partial charge on any atom is -0.493 e. The lowest BCUT2D eigenvalue weighted by atomic mass is 9.67. The summed E-state index contributed by atoms with van der Waals surface area (Å²) in [6, 6.07) is 4.03. The first-order chi connectivity index (χ1) is 12.9. The van der Waals surface area contributed by atoms with Crippen molar-refractivity contribution in [2.45, 2.75) is 45.4 Å². The maximum Gasteiger partial charge on any atom is 0.342 e. The predicted octanol–water partition coefficient (Wildman–Crippen LogP) is 3.57. The van der Waals surface area contributed by atoms with Gasteiger partial charge in [-0.25, -0.2) is 9.78 Å². The van der Waals surface area contributed by atoms with Crippen molar-refractivity contribution in [1.29, 1.82) is 0 Å². The number of aromatic nitrogens is 2. The van der Waals surface area contributed by atoms with E-state index in [0.29, 0.717) is 5.69 Å². The van der Waals surface area contributed by atoms with Crippen molar-refractivity contribution < 1.29 is 19.8 Å². The van der Waals surface area contributed by atoms with Crippen molar-refractivity contribution in [3.05, 3.63) is 58.6 Å². The third-order valence-corrected chi connectivity index (χ3v) is 5.12. The average molecular weight is 381 g/mol. The monoisotopic (exact) mass is 381 g/mol. The Hall–Kier alpha value is -3.22. The number of aromatic carboxylic acids is 1. The summed E-state index contributed by atoms with van der Waals surface area (Å²) in [7, 11) is 0. The van der Waals surface area contributed by atoms with E-state index in [1.807, 2.05) is 13.0 Å². The largest absolute Gasteiger partial charge is 0.493 e. The normalized spacial score (nSPS) is 16.3. The number of aromatic hydroxyl groups is 1. The molecule has 1 amide bonds. The van der Waals surface area contributed by atoms with Gasteiger partial charge >= 0.3 is 5.97 Å². The molecule has 1 aliphatic carbocycles. The number of hydrogen-bond acceptors (Lipinski definition) is 5. The Balaban J connectivity index is 1.97. The molecule has 0 unspecified atom stereocenters. The number of fused-ring (bicyclic) bond motifs is 1. The van der Waals surface area contributed by atoms with Gasteiger partial charge in [0.1, 0.15) is 5.56 Å². The van der Waals surface area contributed by atoms with Gasteiger partial charge in [-0.05, 0) is 29.7 Å². The fourth-order valence-corrected chi connectivity index (χ4v) is 3.32. The SMILES string of the molecule is Cc1cc2c(cc1NC(=O)c1ncc(C(=O)O)c(O)n1)C(C)(C)C=CC2(C)C. The standard InChI is InChI=1S/C21H23N3O4/c1-11-8-13-14(21(4,5)7-6-20(13,2)3)9-15(11)23-18(26)16-22-10-12(19(27)28)17(25)24-16/h6-10H,1-5H3,(H,23,26)(H,27,28)(H,22,24,25). The van der Waals surface area contributed by atoms with E-state index in [2.05, 4.69) is 61.2 Å². The summed E-state index contributed by atoms with van der Waals surface area (Å²) >= 11 is 0. The average Bonchev–Trinajstić information content (AvgIpc) is 2.60. The molecule has 0 saturated carbocycles. The first-order valence-corrected chi connectivity index (χ1v) is 8.89. The number of carbonyl (C=O) groups excluding carboxylic acids is 1. The van der Waals surface area contributed by atoms with E-state index in [1.165, 1.54) is 5.56 Å². The second-order valence-corrected chi connectivity index (χ2v) is 8.18. The summed E-state index contributed by atoms with van der Waals surface area (Å²) in [6.45, 7) is 10.4. The van der Waals surface area contributed by atoms with Gasteiger partial charge in [-0.1, -0.05) is 45.9 Å². The van der Waals surface area contributed by atoms with Crippen LogP contribution in [0.25, 0.3) is 0 Å². The molecule has 28 heavy (non-hydrogen) atoms.